The Hall–Kier alpha value is -2.02. The Morgan fingerprint density at radius 3 is 2.94 bits per heavy atom. The molecule has 1 unspecified atom stereocenters. The monoisotopic (exact) mass is 236 g/mol. The molecule has 1 atom stereocenters. The van der Waals surface area contributed by atoms with Crippen molar-refractivity contribution in [1.82, 2.24) is 14.9 Å². The number of morpholine rings is 1. The zero-order valence-electron chi connectivity index (χ0n) is 9.07. The number of carbonyl (C=O) groups excluding carboxylic acids is 2. The first-order valence-electron chi connectivity index (χ1n) is 5.14. The highest BCUT2D eigenvalue weighted by Crippen LogP contribution is 2.08. The first kappa shape index (κ1) is 11.5. The molecule has 7 heteroatoms. The zero-order chi connectivity index (χ0) is 12.3. The van der Waals surface area contributed by atoms with Crippen LogP contribution in [0.2, 0.25) is 0 Å². The van der Waals surface area contributed by atoms with Gasteiger partial charge >= 0.3 is 0 Å². The summed E-state index contributed by atoms with van der Waals surface area (Å²) < 4.78 is 5.15. The molecule has 0 aliphatic carbocycles. The van der Waals surface area contributed by atoms with Gasteiger partial charge in [-0.3, -0.25) is 14.6 Å². The molecule has 1 aliphatic rings. The van der Waals surface area contributed by atoms with Gasteiger partial charge in [-0.2, -0.15) is 0 Å². The quantitative estimate of drug-likeness (QED) is 0.695. The number of hydrogen-bond donors (Lipinski definition) is 1. The van der Waals surface area contributed by atoms with E-state index in [9.17, 15) is 9.59 Å². The van der Waals surface area contributed by atoms with Gasteiger partial charge in [0.1, 0.15) is 5.69 Å². The second kappa shape index (κ2) is 4.88. The molecule has 0 radical (unpaired) electrons. The average Bonchev–Trinajstić information content (AvgIpc) is 2.39. The van der Waals surface area contributed by atoms with Crippen LogP contribution in [0.15, 0.2) is 18.6 Å². The molecule has 1 aliphatic heterocycles. The maximum Gasteiger partial charge on any atom is 0.274 e. The third-order valence-corrected chi connectivity index (χ3v) is 2.45. The molecule has 90 valence electrons. The first-order valence-corrected chi connectivity index (χ1v) is 5.14. The number of aromatic nitrogens is 2. The second-order valence-electron chi connectivity index (χ2n) is 3.60. The number of hydrogen-bond acceptors (Lipinski definition) is 5. The molecular formula is C10H12N4O3. The summed E-state index contributed by atoms with van der Waals surface area (Å²) in [6.07, 6.45) is 3.57. The summed E-state index contributed by atoms with van der Waals surface area (Å²) in [4.78, 5) is 32.2. The minimum absolute atomic E-state index is 0.157. The Labute approximate surface area is 97.6 Å². The van der Waals surface area contributed by atoms with Crippen LogP contribution in [0.25, 0.3) is 0 Å². The van der Waals surface area contributed by atoms with E-state index in [4.69, 9.17) is 10.5 Å². The van der Waals surface area contributed by atoms with E-state index in [0.29, 0.717) is 13.2 Å². The molecule has 0 saturated carbocycles. The molecule has 17 heavy (non-hydrogen) atoms. The van der Waals surface area contributed by atoms with Gasteiger partial charge in [-0.1, -0.05) is 0 Å². The minimum atomic E-state index is -0.746. The van der Waals surface area contributed by atoms with E-state index in [1.165, 1.54) is 23.5 Å². The Kier molecular flexibility index (Phi) is 3.29. The van der Waals surface area contributed by atoms with Crippen LogP contribution in [0.1, 0.15) is 10.5 Å². The Balaban J connectivity index is 2.07. The first-order chi connectivity index (χ1) is 8.18. The molecule has 1 fully saturated rings. The highest BCUT2D eigenvalue weighted by Gasteiger charge is 2.28. The van der Waals surface area contributed by atoms with Gasteiger partial charge in [-0.05, 0) is 0 Å². The number of primary amides is 1. The van der Waals surface area contributed by atoms with Crippen molar-refractivity contribution in [1.29, 1.82) is 0 Å². The van der Waals surface area contributed by atoms with Crippen LogP contribution in [-0.4, -0.2) is 52.5 Å². The Morgan fingerprint density at radius 2 is 2.29 bits per heavy atom. The molecule has 1 saturated heterocycles. The summed E-state index contributed by atoms with van der Waals surface area (Å²) in [5.41, 5.74) is 5.39. The van der Waals surface area contributed by atoms with Crippen molar-refractivity contribution in [3.63, 3.8) is 0 Å². The zero-order valence-corrected chi connectivity index (χ0v) is 9.07. The summed E-state index contributed by atoms with van der Waals surface area (Å²) in [6.45, 7) is 0.865. The summed E-state index contributed by atoms with van der Waals surface area (Å²) >= 11 is 0. The maximum absolute atomic E-state index is 12.0. The van der Waals surface area contributed by atoms with Crippen LogP contribution in [0.5, 0.6) is 0 Å². The predicted molar refractivity (Wildman–Crippen MR) is 56.9 cm³/mol. The lowest BCUT2D eigenvalue weighted by Gasteiger charge is -2.30. The molecular weight excluding hydrogens is 224 g/mol. The van der Waals surface area contributed by atoms with E-state index in [-0.39, 0.29) is 18.1 Å². The third kappa shape index (κ3) is 2.56. The molecule has 0 aromatic carbocycles. The van der Waals surface area contributed by atoms with Gasteiger partial charge in [0.05, 0.1) is 19.3 Å². The molecule has 1 aromatic heterocycles. The topological polar surface area (TPSA) is 98.4 Å². The average molecular weight is 236 g/mol. The lowest BCUT2D eigenvalue weighted by molar-refractivity contribution is -0.133. The van der Waals surface area contributed by atoms with Gasteiger partial charge in [-0.15, -0.1) is 0 Å². The molecule has 7 nitrogen and oxygen atoms in total. The fraction of sp³-hybridized carbons (Fsp3) is 0.400. The predicted octanol–water partition coefficient (Wildman–Crippen LogP) is -1.20. The Morgan fingerprint density at radius 1 is 1.47 bits per heavy atom. The van der Waals surface area contributed by atoms with Crippen LogP contribution in [0.4, 0.5) is 0 Å². The number of nitrogens with two attached hydrogens (primary N) is 1. The van der Waals surface area contributed by atoms with Crippen LogP contribution >= 0.6 is 0 Å². The highest BCUT2D eigenvalue weighted by molar-refractivity contribution is 5.92. The number of carbonyl (C=O) groups is 2. The van der Waals surface area contributed by atoms with Crippen molar-refractivity contribution in [2.75, 3.05) is 19.7 Å². The van der Waals surface area contributed by atoms with E-state index in [0.717, 1.165) is 0 Å². The molecule has 2 amide bonds. The van der Waals surface area contributed by atoms with Crippen LogP contribution < -0.4 is 5.73 Å². The molecule has 0 bridgehead atoms. The van der Waals surface area contributed by atoms with Crippen LogP contribution in [0.3, 0.4) is 0 Å². The third-order valence-electron chi connectivity index (χ3n) is 2.45. The van der Waals surface area contributed by atoms with Gasteiger partial charge in [-0.25, -0.2) is 4.98 Å². The van der Waals surface area contributed by atoms with Gasteiger partial charge in [0, 0.05) is 18.9 Å². The van der Waals surface area contributed by atoms with E-state index < -0.39 is 12.0 Å². The maximum atomic E-state index is 12.0. The van der Waals surface area contributed by atoms with Crippen molar-refractivity contribution in [2.45, 2.75) is 6.10 Å². The summed E-state index contributed by atoms with van der Waals surface area (Å²) in [7, 11) is 0. The minimum Gasteiger partial charge on any atom is -0.367 e. The lowest BCUT2D eigenvalue weighted by Crippen LogP contribution is -2.50. The number of nitrogens with zero attached hydrogens (tertiary/aromatic N) is 3. The van der Waals surface area contributed by atoms with Gasteiger partial charge < -0.3 is 15.4 Å². The smallest absolute Gasteiger partial charge is 0.274 e. The number of ether oxygens (including phenoxy) is 1. The van der Waals surface area contributed by atoms with Crippen molar-refractivity contribution in [3.05, 3.63) is 24.3 Å². The van der Waals surface area contributed by atoms with Crippen LogP contribution in [0, 0.1) is 0 Å². The standard InChI is InChI=1S/C10H12N4O3/c11-9(15)8-6-14(3-4-17-8)10(16)7-5-12-1-2-13-7/h1-2,5,8H,3-4,6H2,(H2,11,15). The number of rotatable bonds is 2. The normalized spacial score (nSPS) is 20.0. The molecule has 2 rings (SSSR count). The van der Waals surface area contributed by atoms with E-state index in [1.807, 2.05) is 0 Å². The highest BCUT2D eigenvalue weighted by atomic mass is 16.5. The largest absolute Gasteiger partial charge is 0.367 e. The number of amides is 2. The molecule has 2 heterocycles. The van der Waals surface area contributed by atoms with Gasteiger partial charge in [0.2, 0.25) is 5.91 Å². The fourth-order valence-corrected chi connectivity index (χ4v) is 1.58. The second-order valence-corrected chi connectivity index (χ2v) is 3.60. The summed E-state index contributed by atoms with van der Waals surface area (Å²) in [6, 6.07) is 0. The van der Waals surface area contributed by atoms with Crippen molar-refractivity contribution < 1.29 is 14.3 Å². The fourth-order valence-electron chi connectivity index (χ4n) is 1.58. The SMILES string of the molecule is NC(=O)C1CN(C(=O)c2cnccn2)CCO1. The van der Waals surface area contributed by atoms with Crippen molar-refractivity contribution >= 4 is 11.8 Å². The molecule has 2 N–H and O–H groups in total. The van der Waals surface area contributed by atoms with Crippen LogP contribution in [-0.2, 0) is 9.53 Å². The Bertz CT molecular complexity index is 423. The van der Waals surface area contributed by atoms with Crippen molar-refractivity contribution in [2.24, 2.45) is 5.73 Å². The van der Waals surface area contributed by atoms with E-state index in [1.54, 1.807) is 0 Å². The molecule has 1 aromatic rings. The van der Waals surface area contributed by atoms with Gasteiger partial charge in [0.25, 0.3) is 5.91 Å². The molecule has 0 spiro atoms. The lowest BCUT2D eigenvalue weighted by atomic mass is 10.2. The summed E-state index contributed by atoms with van der Waals surface area (Å²) in [5, 5.41) is 0. The summed E-state index contributed by atoms with van der Waals surface area (Å²) in [5.74, 6) is -0.839. The van der Waals surface area contributed by atoms with Gasteiger partial charge in [0.15, 0.2) is 6.10 Å². The van der Waals surface area contributed by atoms with E-state index in [2.05, 4.69) is 9.97 Å². The van der Waals surface area contributed by atoms with Crippen molar-refractivity contribution in [3.8, 4) is 0 Å². The van der Waals surface area contributed by atoms with E-state index >= 15 is 0 Å².